The van der Waals surface area contributed by atoms with Crippen molar-refractivity contribution in [3.8, 4) is 0 Å². The lowest BCUT2D eigenvalue weighted by Gasteiger charge is -2.18. The van der Waals surface area contributed by atoms with Gasteiger partial charge < -0.3 is 9.84 Å². The molecule has 0 radical (unpaired) electrons. The zero-order valence-electron chi connectivity index (χ0n) is 8.59. The molecule has 8 heteroatoms. The Morgan fingerprint density at radius 1 is 1.50 bits per heavy atom. The van der Waals surface area contributed by atoms with E-state index in [2.05, 4.69) is 4.74 Å². The predicted octanol–water partition coefficient (Wildman–Crippen LogP) is 0.0165. The molecule has 1 saturated carbocycles. The molecule has 2 N–H and O–H groups in total. The van der Waals surface area contributed by atoms with Crippen molar-refractivity contribution in [1.29, 1.82) is 0 Å². The van der Waals surface area contributed by atoms with Crippen molar-refractivity contribution in [2.75, 3.05) is 0 Å². The summed E-state index contributed by atoms with van der Waals surface area (Å²) in [5, 5.41) is 5.65. The Hall–Kier alpha value is -0.730. The average molecular weight is 256 g/mol. The van der Waals surface area contributed by atoms with Gasteiger partial charge in [0, 0.05) is 6.42 Å². The fraction of sp³-hybridized carbons (Fsp3) is 0.875. The highest BCUT2D eigenvalue weighted by Gasteiger charge is 2.49. The smallest absolute Gasteiger partial charge is 0.362 e. The second-order valence-corrected chi connectivity index (χ2v) is 5.60. The number of esters is 1. The van der Waals surface area contributed by atoms with Crippen LogP contribution in [0.5, 0.6) is 0 Å². The van der Waals surface area contributed by atoms with Crippen LogP contribution in [0.1, 0.15) is 26.2 Å². The number of halogens is 1. The first-order valence-electron chi connectivity index (χ1n) is 4.69. The van der Waals surface area contributed by atoms with Gasteiger partial charge in [0.25, 0.3) is 0 Å². The van der Waals surface area contributed by atoms with Crippen LogP contribution in [-0.4, -0.2) is 41.3 Å². The summed E-state index contributed by atoms with van der Waals surface area (Å²) in [6.45, 7) is 0.413. The lowest BCUT2D eigenvalue weighted by molar-refractivity contribution is -0.157. The summed E-state index contributed by atoms with van der Waals surface area (Å²) >= 11 is 0. The minimum atomic E-state index is -5.16. The first-order chi connectivity index (χ1) is 7.14. The number of carbonyl (C=O) groups is 1. The van der Waals surface area contributed by atoms with Crippen LogP contribution in [0.15, 0.2) is 0 Å². The Balaban J connectivity index is 2.66. The number of alkyl halides is 1. The van der Waals surface area contributed by atoms with Crippen molar-refractivity contribution < 1.29 is 32.0 Å². The fourth-order valence-electron chi connectivity index (χ4n) is 1.39. The lowest BCUT2D eigenvalue weighted by atomic mass is 10.3. The number of ether oxygens (including phenoxy) is 1. The molecule has 1 aliphatic carbocycles. The highest BCUT2D eigenvalue weighted by molar-refractivity contribution is 7.87. The molecule has 0 heterocycles. The monoisotopic (exact) mass is 256 g/mol. The standard InChI is InChI=1S/C8H13FO6S/c1-8(9,16(12,13)14)7(11)15-6-3-2-5(10)4-6/h5-6,10H,2-4H2,1H3,(H,12,13,14). The van der Waals surface area contributed by atoms with E-state index in [1.807, 2.05) is 0 Å². The number of rotatable bonds is 3. The molecule has 0 bridgehead atoms. The third-order valence-corrected chi connectivity index (χ3v) is 3.62. The Morgan fingerprint density at radius 2 is 2.06 bits per heavy atom. The molecule has 1 fully saturated rings. The summed E-state index contributed by atoms with van der Waals surface area (Å²) in [5.74, 6) is -1.66. The van der Waals surface area contributed by atoms with Crippen LogP contribution in [0.3, 0.4) is 0 Å². The maximum atomic E-state index is 13.4. The number of carbonyl (C=O) groups excluding carboxylic acids is 1. The van der Waals surface area contributed by atoms with Crippen molar-refractivity contribution in [3.05, 3.63) is 0 Å². The summed E-state index contributed by atoms with van der Waals surface area (Å²) in [7, 11) is -5.16. The summed E-state index contributed by atoms with van der Waals surface area (Å²) in [6, 6.07) is 0. The maximum Gasteiger partial charge on any atom is 0.362 e. The van der Waals surface area contributed by atoms with E-state index >= 15 is 0 Å². The molecule has 0 aliphatic heterocycles. The zero-order chi connectivity index (χ0) is 12.6. The van der Waals surface area contributed by atoms with Crippen LogP contribution in [0.2, 0.25) is 0 Å². The van der Waals surface area contributed by atoms with Gasteiger partial charge in [0.05, 0.1) is 6.10 Å². The van der Waals surface area contributed by atoms with Crippen LogP contribution in [0, 0.1) is 0 Å². The van der Waals surface area contributed by atoms with Crippen molar-refractivity contribution >= 4 is 16.1 Å². The van der Waals surface area contributed by atoms with Crippen LogP contribution in [0.25, 0.3) is 0 Å². The zero-order valence-corrected chi connectivity index (χ0v) is 9.41. The highest BCUT2D eigenvalue weighted by Crippen LogP contribution is 2.26. The third-order valence-electron chi connectivity index (χ3n) is 2.48. The number of aliphatic hydroxyl groups excluding tert-OH is 1. The first kappa shape index (κ1) is 13.3. The topological polar surface area (TPSA) is 101 Å². The van der Waals surface area contributed by atoms with E-state index in [9.17, 15) is 17.6 Å². The molecule has 3 atom stereocenters. The molecule has 16 heavy (non-hydrogen) atoms. The van der Waals surface area contributed by atoms with Crippen LogP contribution in [-0.2, 0) is 19.6 Å². The minimum absolute atomic E-state index is 0.146. The highest BCUT2D eigenvalue weighted by atomic mass is 32.2. The van der Waals surface area contributed by atoms with Gasteiger partial charge in [0.2, 0.25) is 0 Å². The molecule has 0 amide bonds. The van der Waals surface area contributed by atoms with Gasteiger partial charge in [-0.1, -0.05) is 0 Å². The average Bonchev–Trinajstić information content (AvgIpc) is 2.49. The van der Waals surface area contributed by atoms with Crippen LogP contribution < -0.4 is 0 Å². The number of hydrogen-bond acceptors (Lipinski definition) is 5. The van der Waals surface area contributed by atoms with Crippen molar-refractivity contribution in [2.45, 2.75) is 43.4 Å². The first-order valence-corrected chi connectivity index (χ1v) is 6.13. The minimum Gasteiger partial charge on any atom is -0.459 e. The summed E-state index contributed by atoms with van der Waals surface area (Å²) < 4.78 is 47.5. The van der Waals surface area contributed by atoms with Gasteiger partial charge in [0.15, 0.2) is 0 Å². The molecule has 94 valence electrons. The van der Waals surface area contributed by atoms with Gasteiger partial charge >= 0.3 is 21.1 Å². The predicted molar refractivity (Wildman–Crippen MR) is 50.8 cm³/mol. The Kier molecular flexibility index (Phi) is 3.56. The second-order valence-electron chi connectivity index (χ2n) is 3.89. The molecular formula is C8H13FO6S. The molecule has 0 aromatic carbocycles. The molecule has 1 aliphatic rings. The van der Waals surface area contributed by atoms with E-state index < -0.39 is 33.3 Å². The lowest BCUT2D eigenvalue weighted by Crippen LogP contribution is -2.41. The Morgan fingerprint density at radius 3 is 2.44 bits per heavy atom. The number of hydrogen-bond donors (Lipinski definition) is 2. The van der Waals surface area contributed by atoms with Crippen LogP contribution in [0.4, 0.5) is 4.39 Å². The fourth-order valence-corrected chi connectivity index (χ4v) is 1.65. The SMILES string of the molecule is CC(F)(C(=O)OC1CCC(O)C1)S(=O)(=O)O. The van der Waals surface area contributed by atoms with E-state index in [0.29, 0.717) is 19.8 Å². The van der Waals surface area contributed by atoms with Gasteiger partial charge in [0.1, 0.15) is 6.10 Å². The molecule has 0 saturated heterocycles. The largest absolute Gasteiger partial charge is 0.459 e. The van der Waals surface area contributed by atoms with E-state index in [1.54, 1.807) is 0 Å². The maximum absolute atomic E-state index is 13.4. The molecule has 0 spiro atoms. The molecule has 1 rings (SSSR count). The molecule has 6 nitrogen and oxygen atoms in total. The van der Waals surface area contributed by atoms with Gasteiger partial charge in [-0.3, -0.25) is 4.55 Å². The summed E-state index contributed by atoms with van der Waals surface area (Å²) in [4.78, 5) is 11.2. The molecule has 3 unspecified atom stereocenters. The molecular weight excluding hydrogens is 243 g/mol. The Bertz CT molecular complexity index is 376. The van der Waals surface area contributed by atoms with E-state index in [1.165, 1.54) is 0 Å². The van der Waals surface area contributed by atoms with Gasteiger partial charge in [-0.05, 0) is 19.8 Å². The van der Waals surface area contributed by atoms with Crippen molar-refractivity contribution in [3.63, 3.8) is 0 Å². The van der Waals surface area contributed by atoms with E-state index in [-0.39, 0.29) is 6.42 Å². The van der Waals surface area contributed by atoms with E-state index in [0.717, 1.165) is 0 Å². The quantitative estimate of drug-likeness (QED) is 0.545. The summed E-state index contributed by atoms with van der Waals surface area (Å²) in [5.41, 5.74) is 0. The van der Waals surface area contributed by atoms with Crippen LogP contribution >= 0.6 is 0 Å². The summed E-state index contributed by atoms with van der Waals surface area (Å²) in [6.07, 6.45) is -0.442. The van der Waals surface area contributed by atoms with Crippen molar-refractivity contribution in [2.24, 2.45) is 0 Å². The normalized spacial score (nSPS) is 29.8. The molecule has 0 aromatic rings. The van der Waals surface area contributed by atoms with Gasteiger partial charge in [-0.2, -0.15) is 8.42 Å². The molecule has 0 aromatic heterocycles. The van der Waals surface area contributed by atoms with Gasteiger partial charge in [-0.15, -0.1) is 0 Å². The Labute approximate surface area is 92.2 Å². The third kappa shape index (κ3) is 2.69. The van der Waals surface area contributed by atoms with E-state index in [4.69, 9.17) is 9.66 Å². The number of aliphatic hydroxyl groups is 1. The van der Waals surface area contributed by atoms with Crippen molar-refractivity contribution in [1.82, 2.24) is 0 Å². The second kappa shape index (κ2) is 4.27. The van der Waals surface area contributed by atoms with Gasteiger partial charge in [-0.25, -0.2) is 9.18 Å².